The number of hydrogen-bond donors (Lipinski definition) is 1. The van der Waals surface area contributed by atoms with E-state index in [1.807, 2.05) is 13.8 Å². The molecule has 2 atom stereocenters. The first-order valence-electron chi connectivity index (χ1n) is 12.6. The lowest BCUT2D eigenvalue weighted by molar-refractivity contribution is 0.558. The van der Waals surface area contributed by atoms with E-state index in [0.29, 0.717) is 25.3 Å². The first-order valence-corrected chi connectivity index (χ1v) is 12.6. The maximum Gasteiger partial charge on any atom is 0.235 e. The van der Waals surface area contributed by atoms with Crippen molar-refractivity contribution in [3.8, 4) is 0 Å². The zero-order valence-corrected chi connectivity index (χ0v) is 21.4. The zero-order valence-electron chi connectivity index (χ0n) is 21.4. The van der Waals surface area contributed by atoms with Gasteiger partial charge in [0.1, 0.15) is 0 Å². The predicted molar refractivity (Wildman–Crippen MR) is 142 cm³/mol. The van der Waals surface area contributed by atoms with E-state index in [0.717, 1.165) is 35.4 Å². The average molecular weight is 484 g/mol. The summed E-state index contributed by atoms with van der Waals surface area (Å²) in [5.41, 5.74) is 14.6. The molecule has 7 nitrogen and oxygen atoms in total. The van der Waals surface area contributed by atoms with Crippen molar-refractivity contribution in [2.75, 3.05) is 6.54 Å². The number of aliphatic imine (C=N–C) groups is 2. The van der Waals surface area contributed by atoms with Crippen LogP contribution in [0.4, 0.5) is 0 Å². The van der Waals surface area contributed by atoms with Crippen LogP contribution in [0.3, 0.4) is 0 Å². The SMILES string of the molecule is CC(C)C1=NN=C(C2(CCN)c3ccc(C(C)N=C=O)cc3CCc3cc(C(C)N=C=O)ccc32)C1. The fraction of sp³-hybridized carbons (Fsp3) is 0.448. The molecule has 0 bridgehead atoms. The van der Waals surface area contributed by atoms with Crippen molar-refractivity contribution in [1.29, 1.82) is 0 Å². The summed E-state index contributed by atoms with van der Waals surface area (Å²) in [6.07, 6.45) is 6.40. The summed E-state index contributed by atoms with van der Waals surface area (Å²) in [5, 5.41) is 9.36. The molecule has 36 heavy (non-hydrogen) atoms. The van der Waals surface area contributed by atoms with E-state index in [1.165, 1.54) is 22.3 Å². The van der Waals surface area contributed by atoms with E-state index in [1.54, 1.807) is 12.2 Å². The van der Waals surface area contributed by atoms with Gasteiger partial charge in [0.25, 0.3) is 0 Å². The van der Waals surface area contributed by atoms with Crippen LogP contribution in [0, 0.1) is 5.92 Å². The lowest BCUT2D eigenvalue weighted by Gasteiger charge is -2.37. The number of rotatable bonds is 8. The molecular formula is C29H33N5O2. The van der Waals surface area contributed by atoms with Crippen LogP contribution in [-0.4, -0.2) is 30.1 Å². The molecule has 0 radical (unpaired) electrons. The summed E-state index contributed by atoms with van der Waals surface area (Å²) < 4.78 is 0. The molecule has 7 heteroatoms. The van der Waals surface area contributed by atoms with Crippen LogP contribution in [0.5, 0.6) is 0 Å². The van der Waals surface area contributed by atoms with Gasteiger partial charge in [-0.05, 0) is 79.0 Å². The van der Waals surface area contributed by atoms with Gasteiger partial charge in [-0.3, -0.25) is 0 Å². The highest BCUT2D eigenvalue weighted by Gasteiger charge is 2.45. The lowest BCUT2D eigenvalue weighted by Crippen LogP contribution is -2.40. The summed E-state index contributed by atoms with van der Waals surface area (Å²) in [7, 11) is 0. The second-order valence-electron chi connectivity index (χ2n) is 10.0. The van der Waals surface area contributed by atoms with E-state index in [2.05, 4.69) is 65.3 Å². The van der Waals surface area contributed by atoms with Gasteiger partial charge in [0.15, 0.2) is 0 Å². The maximum atomic E-state index is 10.9. The maximum absolute atomic E-state index is 10.9. The van der Waals surface area contributed by atoms with Gasteiger partial charge >= 0.3 is 0 Å². The minimum absolute atomic E-state index is 0.268. The Morgan fingerprint density at radius 2 is 1.42 bits per heavy atom. The molecule has 2 unspecified atom stereocenters. The fourth-order valence-corrected chi connectivity index (χ4v) is 5.58. The van der Waals surface area contributed by atoms with Gasteiger partial charge < -0.3 is 5.73 Å². The number of nitrogens with zero attached hydrogens (tertiary/aromatic N) is 4. The van der Waals surface area contributed by atoms with E-state index < -0.39 is 5.41 Å². The van der Waals surface area contributed by atoms with Gasteiger partial charge in [-0.15, -0.1) is 0 Å². The molecule has 0 saturated carbocycles. The molecule has 1 aliphatic carbocycles. The minimum atomic E-state index is -0.526. The second kappa shape index (κ2) is 10.6. The molecule has 1 heterocycles. The molecule has 2 aromatic rings. The van der Waals surface area contributed by atoms with Crippen molar-refractivity contribution in [1.82, 2.24) is 0 Å². The zero-order chi connectivity index (χ0) is 25.9. The predicted octanol–water partition coefficient (Wildman–Crippen LogP) is 5.07. The number of fused-ring (bicyclic) bond motifs is 2. The minimum Gasteiger partial charge on any atom is -0.330 e. The third-order valence-electron chi connectivity index (χ3n) is 7.63. The molecule has 2 N–H and O–H groups in total. The molecule has 4 rings (SSSR count). The highest BCUT2D eigenvalue weighted by Crippen LogP contribution is 2.46. The van der Waals surface area contributed by atoms with Crippen molar-refractivity contribution in [3.05, 3.63) is 69.8 Å². The Hall–Kier alpha value is -3.50. The van der Waals surface area contributed by atoms with Crippen LogP contribution in [0.1, 0.15) is 86.0 Å². The Bertz CT molecular complexity index is 1240. The molecular weight excluding hydrogens is 450 g/mol. The smallest absolute Gasteiger partial charge is 0.235 e. The van der Waals surface area contributed by atoms with Crippen molar-refractivity contribution in [2.45, 2.75) is 70.9 Å². The van der Waals surface area contributed by atoms with E-state index >= 15 is 0 Å². The van der Waals surface area contributed by atoms with E-state index in [4.69, 9.17) is 10.8 Å². The summed E-state index contributed by atoms with van der Waals surface area (Å²) >= 11 is 0. The fourth-order valence-electron chi connectivity index (χ4n) is 5.58. The molecule has 0 fully saturated rings. The van der Waals surface area contributed by atoms with Gasteiger partial charge in [-0.25, -0.2) is 9.59 Å². The highest BCUT2D eigenvalue weighted by molar-refractivity contribution is 6.14. The third kappa shape index (κ3) is 4.54. The monoisotopic (exact) mass is 483 g/mol. The Labute approximate surface area is 212 Å². The molecule has 0 amide bonds. The number of nitrogens with two attached hydrogens (primary N) is 1. The topological polar surface area (TPSA) is 110 Å². The van der Waals surface area contributed by atoms with Gasteiger partial charge in [-0.2, -0.15) is 20.2 Å². The standard InChI is InChI=1S/C29H33N5O2/c1-18(2)27-15-28(34-33-27)29(11-12-30)25-9-7-21(19(3)31-16-35)13-23(25)5-6-24-14-22(8-10-26(24)29)20(4)32-17-36/h7-10,13-14,18-20H,5-6,11-12,15,30H2,1-4H3. The van der Waals surface area contributed by atoms with Gasteiger partial charge in [-0.1, -0.05) is 50.2 Å². The molecule has 0 spiro atoms. The number of benzene rings is 2. The lowest BCUT2D eigenvalue weighted by atomic mass is 9.65. The quantitative estimate of drug-likeness (QED) is 0.418. The number of hydrogen-bond acceptors (Lipinski definition) is 7. The van der Waals surface area contributed by atoms with Crippen LogP contribution >= 0.6 is 0 Å². The van der Waals surface area contributed by atoms with Crippen molar-refractivity contribution < 1.29 is 9.59 Å². The Kier molecular flexibility index (Phi) is 7.56. The summed E-state index contributed by atoms with van der Waals surface area (Å²) in [6.45, 7) is 8.57. The largest absolute Gasteiger partial charge is 0.330 e. The summed E-state index contributed by atoms with van der Waals surface area (Å²) in [5.74, 6) is 0.305. The molecule has 0 aromatic heterocycles. The molecule has 1 aliphatic heterocycles. The first kappa shape index (κ1) is 25.6. The van der Waals surface area contributed by atoms with E-state index in [9.17, 15) is 9.59 Å². The number of carbonyl (C=O) groups excluding carboxylic acids is 2. The van der Waals surface area contributed by atoms with Crippen molar-refractivity contribution in [2.24, 2.45) is 31.8 Å². The highest BCUT2D eigenvalue weighted by atomic mass is 16.1. The van der Waals surface area contributed by atoms with E-state index in [-0.39, 0.29) is 12.1 Å². The molecule has 186 valence electrons. The molecule has 0 saturated heterocycles. The molecule has 2 aliphatic rings. The van der Waals surface area contributed by atoms with Gasteiger partial charge in [0.2, 0.25) is 12.2 Å². The number of isocyanates is 2. The summed E-state index contributed by atoms with van der Waals surface area (Å²) in [4.78, 5) is 29.6. The van der Waals surface area contributed by atoms with Crippen LogP contribution < -0.4 is 5.73 Å². The first-order chi connectivity index (χ1) is 17.3. The Balaban J connectivity index is 1.95. The van der Waals surface area contributed by atoms with Crippen LogP contribution in [0.25, 0.3) is 0 Å². The third-order valence-corrected chi connectivity index (χ3v) is 7.63. The second-order valence-corrected chi connectivity index (χ2v) is 10.0. The van der Waals surface area contributed by atoms with Crippen molar-refractivity contribution in [3.63, 3.8) is 0 Å². The average Bonchev–Trinajstić information content (AvgIpc) is 3.33. The molecule has 2 aromatic carbocycles. The number of aryl methyl sites for hydroxylation is 2. The van der Waals surface area contributed by atoms with Crippen LogP contribution in [0.2, 0.25) is 0 Å². The van der Waals surface area contributed by atoms with Gasteiger partial charge in [0, 0.05) is 12.1 Å². The van der Waals surface area contributed by atoms with Crippen molar-refractivity contribution >= 4 is 23.6 Å². The Morgan fingerprint density at radius 1 is 0.889 bits per heavy atom. The van der Waals surface area contributed by atoms with Gasteiger partial charge in [0.05, 0.1) is 23.2 Å². The van der Waals surface area contributed by atoms with Crippen LogP contribution in [-0.2, 0) is 27.8 Å². The Morgan fingerprint density at radius 3 is 1.83 bits per heavy atom. The summed E-state index contributed by atoms with van der Waals surface area (Å²) in [6, 6.07) is 12.2. The van der Waals surface area contributed by atoms with Crippen LogP contribution in [0.15, 0.2) is 56.6 Å². The normalized spacial score (nSPS) is 20.2.